The number of likely N-dealkylation sites (N-methyl/N-ethyl adjacent to an activating group) is 1. The van der Waals surface area contributed by atoms with Crippen molar-refractivity contribution in [1.82, 2.24) is 24.7 Å². The predicted molar refractivity (Wildman–Crippen MR) is 75.1 cm³/mol. The summed E-state index contributed by atoms with van der Waals surface area (Å²) >= 11 is 1.39. The lowest BCUT2D eigenvalue weighted by atomic mass is 10.1. The Kier molecular flexibility index (Phi) is 3.89. The first-order valence-corrected chi connectivity index (χ1v) is 7.68. The Labute approximate surface area is 117 Å². The molecular formula is C13H19N5S. The van der Waals surface area contributed by atoms with Crippen LogP contribution in [0.4, 0.5) is 0 Å². The van der Waals surface area contributed by atoms with Crippen molar-refractivity contribution in [3.63, 3.8) is 0 Å². The third-order valence-corrected chi connectivity index (χ3v) is 4.38. The van der Waals surface area contributed by atoms with Crippen LogP contribution in [0.2, 0.25) is 0 Å². The lowest BCUT2D eigenvalue weighted by Gasteiger charge is -2.12. The minimum atomic E-state index is 0.200. The van der Waals surface area contributed by atoms with E-state index in [0.29, 0.717) is 6.04 Å². The zero-order chi connectivity index (χ0) is 13.1. The van der Waals surface area contributed by atoms with Crippen LogP contribution in [0.3, 0.4) is 0 Å². The molecule has 0 bridgehead atoms. The molecule has 102 valence electrons. The number of nitrogens with one attached hydrogen (secondary N) is 1. The average molecular weight is 277 g/mol. The molecule has 1 aliphatic rings. The highest BCUT2D eigenvalue weighted by Gasteiger charge is 2.19. The molecule has 0 amide bonds. The van der Waals surface area contributed by atoms with Crippen LogP contribution in [0, 0.1) is 0 Å². The molecule has 0 radical (unpaired) electrons. The van der Waals surface area contributed by atoms with Crippen LogP contribution >= 0.6 is 11.5 Å². The van der Waals surface area contributed by atoms with E-state index in [1.807, 2.05) is 12.4 Å². The Balaban J connectivity index is 1.69. The van der Waals surface area contributed by atoms with Gasteiger partial charge in [0.05, 0.1) is 23.5 Å². The van der Waals surface area contributed by atoms with E-state index in [4.69, 9.17) is 5.10 Å². The second kappa shape index (κ2) is 5.79. The highest BCUT2D eigenvalue weighted by atomic mass is 32.1. The van der Waals surface area contributed by atoms with E-state index in [1.54, 1.807) is 0 Å². The number of nitrogens with zero attached hydrogens (tertiary/aromatic N) is 4. The molecule has 1 fully saturated rings. The van der Waals surface area contributed by atoms with Gasteiger partial charge in [-0.3, -0.25) is 4.68 Å². The molecule has 0 aromatic carbocycles. The molecular weight excluding hydrogens is 258 g/mol. The van der Waals surface area contributed by atoms with Gasteiger partial charge in [-0.2, -0.15) is 5.10 Å². The van der Waals surface area contributed by atoms with Crippen LogP contribution in [0.1, 0.15) is 49.2 Å². The first-order chi connectivity index (χ1) is 9.36. The van der Waals surface area contributed by atoms with Crippen molar-refractivity contribution >= 4 is 11.5 Å². The summed E-state index contributed by atoms with van der Waals surface area (Å²) in [6.45, 7) is 0. The SMILES string of the molecule is CNC(Cc1ccn(C2CCCC2)n1)c1csnn1. The van der Waals surface area contributed by atoms with Gasteiger partial charge in [0.2, 0.25) is 0 Å². The fourth-order valence-corrected chi connectivity index (χ4v) is 3.25. The van der Waals surface area contributed by atoms with E-state index in [9.17, 15) is 0 Å². The van der Waals surface area contributed by atoms with E-state index >= 15 is 0 Å². The van der Waals surface area contributed by atoms with Crippen molar-refractivity contribution in [2.75, 3.05) is 7.05 Å². The topological polar surface area (TPSA) is 55.6 Å². The lowest BCUT2D eigenvalue weighted by molar-refractivity contribution is 0.458. The zero-order valence-electron chi connectivity index (χ0n) is 11.1. The molecule has 1 N–H and O–H groups in total. The number of aromatic nitrogens is 4. The Bertz CT molecular complexity index is 501. The number of hydrogen-bond acceptors (Lipinski definition) is 5. The molecule has 5 nitrogen and oxygen atoms in total. The molecule has 3 rings (SSSR count). The van der Waals surface area contributed by atoms with Crippen molar-refractivity contribution in [3.8, 4) is 0 Å². The summed E-state index contributed by atoms with van der Waals surface area (Å²) in [5.74, 6) is 0. The highest BCUT2D eigenvalue weighted by Crippen LogP contribution is 2.29. The predicted octanol–water partition coefficient (Wildman–Crippen LogP) is 2.35. The molecule has 2 aromatic rings. The van der Waals surface area contributed by atoms with E-state index < -0.39 is 0 Å². The summed E-state index contributed by atoms with van der Waals surface area (Å²) in [4.78, 5) is 0. The van der Waals surface area contributed by atoms with Crippen molar-refractivity contribution in [1.29, 1.82) is 0 Å². The summed E-state index contributed by atoms with van der Waals surface area (Å²) in [6.07, 6.45) is 8.20. The summed E-state index contributed by atoms with van der Waals surface area (Å²) in [7, 11) is 1.96. The summed E-state index contributed by atoms with van der Waals surface area (Å²) < 4.78 is 6.07. The molecule has 0 spiro atoms. The van der Waals surface area contributed by atoms with Gasteiger partial charge in [0.25, 0.3) is 0 Å². The Morgan fingerprint density at radius 2 is 2.32 bits per heavy atom. The van der Waals surface area contributed by atoms with Gasteiger partial charge in [-0.15, -0.1) is 5.10 Å². The second-order valence-electron chi connectivity index (χ2n) is 5.10. The summed E-state index contributed by atoms with van der Waals surface area (Å²) in [5.41, 5.74) is 2.13. The molecule has 1 saturated carbocycles. The summed E-state index contributed by atoms with van der Waals surface area (Å²) in [6, 6.07) is 2.94. The van der Waals surface area contributed by atoms with Crippen molar-refractivity contribution < 1.29 is 0 Å². The molecule has 2 heterocycles. The number of rotatable bonds is 5. The van der Waals surface area contributed by atoms with E-state index in [-0.39, 0.29) is 6.04 Å². The highest BCUT2D eigenvalue weighted by molar-refractivity contribution is 7.03. The third kappa shape index (κ3) is 2.84. The van der Waals surface area contributed by atoms with Crippen molar-refractivity contribution in [3.05, 3.63) is 29.0 Å². The maximum Gasteiger partial charge on any atom is 0.0928 e. The monoisotopic (exact) mass is 277 g/mol. The Morgan fingerprint density at radius 3 is 3.00 bits per heavy atom. The molecule has 1 atom stereocenters. The molecule has 0 saturated heterocycles. The van der Waals surface area contributed by atoms with Gasteiger partial charge in [0, 0.05) is 18.0 Å². The summed E-state index contributed by atoms with van der Waals surface area (Å²) in [5, 5.41) is 14.1. The molecule has 6 heteroatoms. The van der Waals surface area contributed by atoms with E-state index in [1.165, 1.54) is 37.2 Å². The molecule has 19 heavy (non-hydrogen) atoms. The van der Waals surface area contributed by atoms with E-state index in [2.05, 4.69) is 31.8 Å². The Morgan fingerprint density at radius 1 is 1.47 bits per heavy atom. The van der Waals surface area contributed by atoms with Crippen LogP contribution in [0.25, 0.3) is 0 Å². The van der Waals surface area contributed by atoms with Crippen LogP contribution in [0.15, 0.2) is 17.6 Å². The fourth-order valence-electron chi connectivity index (χ4n) is 2.75. The minimum Gasteiger partial charge on any atom is -0.311 e. The normalized spacial score (nSPS) is 17.9. The maximum atomic E-state index is 4.72. The Hall–Kier alpha value is -1.27. The maximum absolute atomic E-state index is 4.72. The van der Waals surface area contributed by atoms with Gasteiger partial charge in [0.15, 0.2) is 0 Å². The van der Waals surface area contributed by atoms with Gasteiger partial charge in [0.1, 0.15) is 0 Å². The zero-order valence-corrected chi connectivity index (χ0v) is 11.9. The number of hydrogen-bond donors (Lipinski definition) is 1. The molecule has 1 aliphatic carbocycles. The average Bonchev–Trinajstić information content (AvgIpc) is 3.15. The van der Waals surface area contributed by atoms with Gasteiger partial charge in [-0.25, -0.2) is 0 Å². The first-order valence-electron chi connectivity index (χ1n) is 6.85. The van der Waals surface area contributed by atoms with Crippen LogP contribution in [-0.4, -0.2) is 26.4 Å². The van der Waals surface area contributed by atoms with Crippen LogP contribution in [-0.2, 0) is 6.42 Å². The minimum absolute atomic E-state index is 0.200. The first kappa shape index (κ1) is 12.7. The largest absolute Gasteiger partial charge is 0.311 e. The van der Waals surface area contributed by atoms with Gasteiger partial charge < -0.3 is 5.32 Å². The van der Waals surface area contributed by atoms with Gasteiger partial charge in [-0.1, -0.05) is 17.3 Å². The second-order valence-corrected chi connectivity index (χ2v) is 5.71. The van der Waals surface area contributed by atoms with Gasteiger partial charge >= 0.3 is 0 Å². The van der Waals surface area contributed by atoms with Crippen LogP contribution in [0.5, 0.6) is 0 Å². The molecule has 1 unspecified atom stereocenters. The van der Waals surface area contributed by atoms with E-state index in [0.717, 1.165) is 17.8 Å². The molecule has 0 aliphatic heterocycles. The van der Waals surface area contributed by atoms with Gasteiger partial charge in [-0.05, 0) is 37.5 Å². The quantitative estimate of drug-likeness (QED) is 0.911. The lowest BCUT2D eigenvalue weighted by Crippen LogP contribution is -2.19. The third-order valence-electron chi connectivity index (χ3n) is 3.86. The van der Waals surface area contributed by atoms with Crippen molar-refractivity contribution in [2.45, 2.75) is 44.2 Å². The fraction of sp³-hybridized carbons (Fsp3) is 0.615. The smallest absolute Gasteiger partial charge is 0.0928 e. The molecule has 2 aromatic heterocycles. The van der Waals surface area contributed by atoms with Crippen LogP contribution < -0.4 is 5.32 Å². The standard InChI is InChI=1S/C13H19N5S/c1-14-12(13-9-19-17-15-13)8-10-6-7-18(16-10)11-4-2-3-5-11/h6-7,9,11-12,14H,2-5,8H2,1H3. The van der Waals surface area contributed by atoms with Crippen molar-refractivity contribution in [2.24, 2.45) is 0 Å².